The Hall–Kier alpha value is -1.40. The summed E-state index contributed by atoms with van der Waals surface area (Å²) in [5.41, 5.74) is 0. The van der Waals surface area contributed by atoms with Gasteiger partial charge in [0.1, 0.15) is 18.2 Å². The topological polar surface area (TPSA) is 62.3 Å². The summed E-state index contributed by atoms with van der Waals surface area (Å²) in [4.78, 5) is 11.3. The molecule has 6 nitrogen and oxygen atoms in total. The normalized spacial score (nSPS) is 17.1. The fraction of sp³-hybridized carbons (Fsp3) is 0.714. The van der Waals surface area contributed by atoms with Crippen LogP contribution in [0, 0.1) is 0 Å². The van der Waals surface area contributed by atoms with Crippen molar-refractivity contribution < 1.29 is 4.74 Å². The molecular formula is C14H25N5O. The second-order valence-electron chi connectivity index (χ2n) is 5.21. The Kier molecular flexibility index (Phi) is 5.55. The highest BCUT2D eigenvalue weighted by molar-refractivity contribution is 5.47. The molecule has 1 saturated heterocycles. The lowest BCUT2D eigenvalue weighted by Crippen LogP contribution is -2.35. The minimum Gasteiger partial charge on any atom is -0.377 e. The van der Waals surface area contributed by atoms with Crippen molar-refractivity contribution in [2.24, 2.45) is 0 Å². The Morgan fingerprint density at radius 2 is 2.00 bits per heavy atom. The molecule has 2 N–H and O–H groups in total. The van der Waals surface area contributed by atoms with E-state index in [4.69, 9.17) is 4.74 Å². The van der Waals surface area contributed by atoms with E-state index in [0.29, 0.717) is 18.5 Å². The van der Waals surface area contributed by atoms with Gasteiger partial charge >= 0.3 is 0 Å². The molecule has 1 aliphatic rings. The number of methoxy groups -OCH3 is 1. The molecule has 1 aliphatic heterocycles. The van der Waals surface area contributed by atoms with E-state index < -0.39 is 0 Å². The molecule has 0 spiro atoms. The summed E-state index contributed by atoms with van der Waals surface area (Å²) >= 11 is 0. The van der Waals surface area contributed by atoms with Crippen molar-refractivity contribution in [3.63, 3.8) is 0 Å². The van der Waals surface area contributed by atoms with Crippen molar-refractivity contribution in [3.05, 3.63) is 11.9 Å². The monoisotopic (exact) mass is 279 g/mol. The van der Waals surface area contributed by atoms with Crippen molar-refractivity contribution in [2.75, 3.05) is 44.4 Å². The van der Waals surface area contributed by atoms with E-state index in [1.54, 1.807) is 7.11 Å². The van der Waals surface area contributed by atoms with Crippen molar-refractivity contribution >= 4 is 11.6 Å². The van der Waals surface area contributed by atoms with E-state index in [0.717, 1.165) is 18.2 Å². The molecule has 112 valence electrons. The van der Waals surface area contributed by atoms with Crippen LogP contribution in [0.15, 0.2) is 6.07 Å². The van der Waals surface area contributed by atoms with E-state index in [1.165, 1.54) is 25.9 Å². The van der Waals surface area contributed by atoms with Crippen molar-refractivity contribution in [1.82, 2.24) is 14.9 Å². The van der Waals surface area contributed by atoms with Crippen LogP contribution in [-0.2, 0) is 11.3 Å². The summed E-state index contributed by atoms with van der Waals surface area (Å²) in [6.07, 6.45) is 2.64. The fourth-order valence-electron chi connectivity index (χ4n) is 2.47. The van der Waals surface area contributed by atoms with Gasteiger partial charge < -0.3 is 15.4 Å². The first-order valence-electron chi connectivity index (χ1n) is 7.25. The zero-order valence-electron chi connectivity index (χ0n) is 12.6. The van der Waals surface area contributed by atoms with Crippen LogP contribution in [-0.4, -0.2) is 54.7 Å². The third-order valence-electron chi connectivity index (χ3n) is 3.64. The van der Waals surface area contributed by atoms with Gasteiger partial charge in [-0.05, 0) is 32.9 Å². The van der Waals surface area contributed by atoms with Gasteiger partial charge in [0.25, 0.3) is 0 Å². The third kappa shape index (κ3) is 4.05. The number of anilines is 2. The van der Waals surface area contributed by atoms with E-state index in [-0.39, 0.29) is 0 Å². The number of rotatable bonds is 7. The molecule has 0 saturated carbocycles. The van der Waals surface area contributed by atoms with Crippen LogP contribution in [0.4, 0.5) is 11.6 Å². The molecule has 0 amide bonds. The minimum absolute atomic E-state index is 0.422. The zero-order chi connectivity index (χ0) is 14.4. The third-order valence-corrected chi connectivity index (χ3v) is 3.64. The number of ether oxygens (including phenoxy) is 1. The van der Waals surface area contributed by atoms with Gasteiger partial charge in [0.15, 0.2) is 5.82 Å². The molecule has 0 radical (unpaired) electrons. The highest BCUT2D eigenvalue weighted by Gasteiger charge is 2.17. The molecule has 1 fully saturated rings. The SMILES string of the molecule is CNc1cc(NCC(C)N2CCCC2)nc(COC)n1. The Balaban J connectivity index is 1.95. The molecule has 20 heavy (non-hydrogen) atoms. The second-order valence-corrected chi connectivity index (χ2v) is 5.21. The van der Waals surface area contributed by atoms with E-state index in [2.05, 4.69) is 32.4 Å². The van der Waals surface area contributed by atoms with Crippen LogP contribution >= 0.6 is 0 Å². The van der Waals surface area contributed by atoms with Crippen LogP contribution in [0.5, 0.6) is 0 Å². The highest BCUT2D eigenvalue weighted by atomic mass is 16.5. The summed E-state index contributed by atoms with van der Waals surface area (Å²) in [6, 6.07) is 2.45. The van der Waals surface area contributed by atoms with Crippen LogP contribution in [0.1, 0.15) is 25.6 Å². The predicted octanol–water partition coefficient (Wildman–Crippen LogP) is 1.56. The maximum atomic E-state index is 5.10. The lowest BCUT2D eigenvalue weighted by molar-refractivity contribution is 0.178. The molecule has 0 bridgehead atoms. The lowest BCUT2D eigenvalue weighted by atomic mass is 10.3. The van der Waals surface area contributed by atoms with Gasteiger partial charge in [-0.1, -0.05) is 0 Å². The zero-order valence-corrected chi connectivity index (χ0v) is 12.6. The van der Waals surface area contributed by atoms with Gasteiger partial charge in [0.2, 0.25) is 0 Å². The van der Waals surface area contributed by atoms with Crippen LogP contribution in [0.3, 0.4) is 0 Å². The maximum Gasteiger partial charge on any atom is 0.158 e. The van der Waals surface area contributed by atoms with Gasteiger partial charge in [-0.2, -0.15) is 0 Å². The average Bonchev–Trinajstić information content (AvgIpc) is 2.99. The molecule has 0 aliphatic carbocycles. The van der Waals surface area contributed by atoms with Crippen LogP contribution in [0.25, 0.3) is 0 Å². The minimum atomic E-state index is 0.422. The summed E-state index contributed by atoms with van der Waals surface area (Å²) in [5, 5.41) is 6.46. The van der Waals surface area contributed by atoms with Crippen LogP contribution in [0.2, 0.25) is 0 Å². The highest BCUT2D eigenvalue weighted by Crippen LogP contribution is 2.14. The molecular weight excluding hydrogens is 254 g/mol. The van der Waals surface area contributed by atoms with E-state index in [9.17, 15) is 0 Å². The van der Waals surface area contributed by atoms with E-state index in [1.807, 2.05) is 13.1 Å². The molecule has 1 aromatic heterocycles. The molecule has 2 rings (SSSR count). The summed E-state index contributed by atoms with van der Waals surface area (Å²) in [6.45, 7) is 6.00. The van der Waals surface area contributed by atoms with Crippen molar-refractivity contribution in [3.8, 4) is 0 Å². The predicted molar refractivity (Wildman–Crippen MR) is 81.1 cm³/mol. The molecule has 1 unspecified atom stereocenters. The second kappa shape index (κ2) is 7.40. The summed E-state index contributed by atoms with van der Waals surface area (Å²) in [5.74, 6) is 2.35. The van der Waals surface area contributed by atoms with Crippen molar-refractivity contribution in [1.29, 1.82) is 0 Å². The van der Waals surface area contributed by atoms with E-state index >= 15 is 0 Å². The van der Waals surface area contributed by atoms with Gasteiger partial charge in [0, 0.05) is 32.8 Å². The maximum absolute atomic E-state index is 5.10. The molecule has 2 heterocycles. The first-order chi connectivity index (χ1) is 9.72. The lowest BCUT2D eigenvalue weighted by Gasteiger charge is -2.24. The van der Waals surface area contributed by atoms with Gasteiger partial charge in [-0.25, -0.2) is 9.97 Å². The molecule has 0 aromatic carbocycles. The number of hydrogen-bond acceptors (Lipinski definition) is 6. The van der Waals surface area contributed by atoms with Crippen LogP contribution < -0.4 is 10.6 Å². The van der Waals surface area contributed by atoms with Gasteiger partial charge in [0.05, 0.1) is 0 Å². The number of hydrogen-bond donors (Lipinski definition) is 2. The molecule has 1 aromatic rings. The summed E-state index contributed by atoms with van der Waals surface area (Å²) in [7, 11) is 3.51. The molecule has 6 heteroatoms. The van der Waals surface area contributed by atoms with Crippen molar-refractivity contribution in [2.45, 2.75) is 32.4 Å². The standard InChI is InChI=1S/C14H25N5O/c1-11(19-6-4-5-7-19)9-16-13-8-12(15-2)17-14(18-13)10-20-3/h8,11H,4-7,9-10H2,1-3H3,(H2,15,16,17,18). The first-order valence-corrected chi connectivity index (χ1v) is 7.25. The van der Waals surface area contributed by atoms with Gasteiger partial charge in [-0.15, -0.1) is 0 Å². The smallest absolute Gasteiger partial charge is 0.158 e. The Bertz CT molecular complexity index is 420. The Morgan fingerprint density at radius 3 is 2.65 bits per heavy atom. The number of likely N-dealkylation sites (tertiary alicyclic amines) is 1. The number of nitrogens with one attached hydrogen (secondary N) is 2. The average molecular weight is 279 g/mol. The number of nitrogens with zero attached hydrogens (tertiary/aromatic N) is 3. The Morgan fingerprint density at radius 1 is 1.30 bits per heavy atom. The first kappa shape index (κ1) is 15.0. The quantitative estimate of drug-likeness (QED) is 0.790. The Labute approximate surface area is 120 Å². The van der Waals surface area contributed by atoms with Gasteiger partial charge in [-0.3, -0.25) is 4.90 Å². The number of aromatic nitrogens is 2. The fourth-order valence-corrected chi connectivity index (χ4v) is 2.47. The molecule has 1 atom stereocenters. The largest absolute Gasteiger partial charge is 0.377 e. The summed E-state index contributed by atoms with van der Waals surface area (Å²) < 4.78 is 5.10.